The number of aryl methyl sites for hydroxylation is 1. The molecule has 1 aromatic heterocycles. The highest BCUT2D eigenvalue weighted by atomic mass is 79.9. The van der Waals surface area contributed by atoms with Crippen LogP contribution in [-0.4, -0.2) is 27.4 Å². The highest BCUT2D eigenvalue weighted by Gasteiger charge is 2.27. The van der Waals surface area contributed by atoms with Crippen LogP contribution >= 0.6 is 15.9 Å². The molecule has 18 heavy (non-hydrogen) atoms. The zero-order valence-electron chi connectivity index (χ0n) is 10.9. The summed E-state index contributed by atoms with van der Waals surface area (Å²) in [6.07, 6.45) is 5.90. The lowest BCUT2D eigenvalue weighted by Gasteiger charge is -2.37. The predicted octanol–water partition coefficient (Wildman–Crippen LogP) is 3.46. The van der Waals surface area contributed by atoms with Crippen LogP contribution < -0.4 is 4.90 Å². The van der Waals surface area contributed by atoms with Gasteiger partial charge in [-0.3, -0.25) is 0 Å². The number of nitrogens with zero attached hydrogens (tertiary/aromatic N) is 3. The lowest BCUT2D eigenvalue weighted by atomic mass is 9.98. The van der Waals surface area contributed by atoms with Gasteiger partial charge in [0.05, 0.1) is 5.69 Å². The summed E-state index contributed by atoms with van der Waals surface area (Å²) in [6, 6.07) is 0.372. The zero-order chi connectivity index (χ0) is 13.1. The van der Waals surface area contributed by atoms with Gasteiger partial charge in [-0.1, -0.05) is 22.9 Å². The Morgan fingerprint density at radius 2 is 2.28 bits per heavy atom. The summed E-state index contributed by atoms with van der Waals surface area (Å²) in [5.74, 6) is 0.201. The van der Waals surface area contributed by atoms with Gasteiger partial charge in [0.1, 0.15) is 6.33 Å². The van der Waals surface area contributed by atoms with E-state index in [-0.39, 0.29) is 5.82 Å². The van der Waals surface area contributed by atoms with Crippen molar-refractivity contribution in [2.45, 2.75) is 50.4 Å². The van der Waals surface area contributed by atoms with Crippen molar-refractivity contribution in [3.8, 4) is 0 Å². The fourth-order valence-corrected chi connectivity index (χ4v) is 2.98. The van der Waals surface area contributed by atoms with Crippen molar-refractivity contribution < 1.29 is 4.39 Å². The molecule has 1 aliphatic rings. The van der Waals surface area contributed by atoms with Gasteiger partial charge >= 0.3 is 0 Å². The normalized spacial score (nSPS) is 22.0. The highest BCUT2D eigenvalue weighted by molar-refractivity contribution is 9.09. The third-order valence-electron chi connectivity index (χ3n) is 3.44. The van der Waals surface area contributed by atoms with Crippen LogP contribution in [0.1, 0.15) is 38.3 Å². The molecule has 3 nitrogen and oxygen atoms in total. The van der Waals surface area contributed by atoms with Gasteiger partial charge in [0.2, 0.25) is 0 Å². The number of hydrogen-bond acceptors (Lipinski definition) is 3. The Kier molecular flexibility index (Phi) is 4.54. The topological polar surface area (TPSA) is 29.0 Å². The van der Waals surface area contributed by atoms with Gasteiger partial charge in [0, 0.05) is 17.4 Å². The molecule has 1 fully saturated rings. The highest BCUT2D eigenvalue weighted by Crippen LogP contribution is 2.29. The minimum absolute atomic E-state index is 0.272. The lowest BCUT2D eigenvalue weighted by molar-refractivity contribution is 0.428. The smallest absolute Gasteiger partial charge is 0.186 e. The largest absolute Gasteiger partial charge is 0.351 e. The molecule has 2 heterocycles. The molecular formula is C13H19BrFN3. The van der Waals surface area contributed by atoms with E-state index in [1.54, 1.807) is 6.92 Å². The summed E-state index contributed by atoms with van der Waals surface area (Å²) < 4.78 is 14.1. The van der Waals surface area contributed by atoms with Crippen molar-refractivity contribution in [1.29, 1.82) is 0 Å². The standard InChI is InChI=1S/C13H19BrFN3/c1-9(14)7-11-5-3-4-6-18(11)13-12(15)10(2)16-8-17-13/h8-9,11H,3-7H2,1-2H3. The third-order valence-corrected chi connectivity index (χ3v) is 3.82. The Hall–Kier alpha value is -0.710. The Labute approximate surface area is 116 Å². The average Bonchev–Trinajstić information content (AvgIpc) is 2.33. The molecule has 2 atom stereocenters. The number of alkyl halides is 1. The van der Waals surface area contributed by atoms with Crippen molar-refractivity contribution in [3.63, 3.8) is 0 Å². The van der Waals surface area contributed by atoms with Crippen LogP contribution in [-0.2, 0) is 0 Å². The Morgan fingerprint density at radius 1 is 1.50 bits per heavy atom. The Morgan fingerprint density at radius 3 is 3.00 bits per heavy atom. The van der Waals surface area contributed by atoms with Crippen molar-refractivity contribution in [2.75, 3.05) is 11.4 Å². The molecule has 0 amide bonds. The lowest BCUT2D eigenvalue weighted by Crippen LogP contribution is -2.41. The maximum atomic E-state index is 14.1. The van der Waals surface area contributed by atoms with Crippen molar-refractivity contribution >= 4 is 21.7 Å². The minimum Gasteiger partial charge on any atom is -0.351 e. The molecule has 2 unspecified atom stereocenters. The summed E-state index contributed by atoms with van der Waals surface area (Å²) in [4.78, 5) is 10.6. The van der Waals surface area contributed by atoms with Crippen LogP contribution in [0.15, 0.2) is 6.33 Å². The van der Waals surface area contributed by atoms with E-state index in [0.29, 0.717) is 22.4 Å². The first kappa shape index (κ1) is 13.7. The first-order chi connectivity index (χ1) is 8.59. The maximum absolute atomic E-state index is 14.1. The summed E-state index contributed by atoms with van der Waals surface area (Å²) in [5, 5.41) is 0. The van der Waals surface area contributed by atoms with Gasteiger partial charge in [-0.05, 0) is 32.6 Å². The van der Waals surface area contributed by atoms with E-state index in [9.17, 15) is 4.39 Å². The fraction of sp³-hybridized carbons (Fsp3) is 0.692. The zero-order valence-corrected chi connectivity index (χ0v) is 12.5. The van der Waals surface area contributed by atoms with E-state index < -0.39 is 0 Å². The molecule has 0 spiro atoms. The van der Waals surface area contributed by atoms with Gasteiger partial charge in [-0.15, -0.1) is 0 Å². The van der Waals surface area contributed by atoms with E-state index in [1.165, 1.54) is 12.7 Å². The van der Waals surface area contributed by atoms with Crippen molar-refractivity contribution in [1.82, 2.24) is 9.97 Å². The number of halogens is 2. The average molecular weight is 316 g/mol. The molecule has 0 aromatic carbocycles. The van der Waals surface area contributed by atoms with Gasteiger partial charge in [0.15, 0.2) is 11.6 Å². The monoisotopic (exact) mass is 315 g/mol. The quantitative estimate of drug-likeness (QED) is 0.800. The molecule has 1 aromatic rings. The molecular weight excluding hydrogens is 297 g/mol. The van der Waals surface area contributed by atoms with E-state index in [1.807, 2.05) is 0 Å². The van der Waals surface area contributed by atoms with Crippen LogP contribution in [0.4, 0.5) is 10.2 Å². The number of piperidine rings is 1. The van der Waals surface area contributed by atoms with Crippen LogP contribution in [0.25, 0.3) is 0 Å². The Balaban J connectivity index is 2.25. The molecule has 0 aliphatic carbocycles. The van der Waals surface area contributed by atoms with Gasteiger partial charge < -0.3 is 4.90 Å². The summed E-state index contributed by atoms with van der Waals surface area (Å²) in [6.45, 7) is 4.71. The molecule has 100 valence electrons. The number of anilines is 1. The van der Waals surface area contributed by atoms with Crippen LogP contribution in [0.3, 0.4) is 0 Å². The van der Waals surface area contributed by atoms with Crippen LogP contribution in [0.5, 0.6) is 0 Å². The summed E-state index contributed by atoms with van der Waals surface area (Å²) in [5.41, 5.74) is 0.427. The number of hydrogen-bond donors (Lipinski definition) is 0. The first-order valence-corrected chi connectivity index (χ1v) is 7.39. The third kappa shape index (κ3) is 2.99. The second-order valence-corrected chi connectivity index (χ2v) is 6.52. The number of aromatic nitrogens is 2. The summed E-state index contributed by atoms with van der Waals surface area (Å²) >= 11 is 3.59. The van der Waals surface area contributed by atoms with Gasteiger partial charge in [-0.25, -0.2) is 14.4 Å². The van der Waals surface area contributed by atoms with Crippen LogP contribution in [0, 0.1) is 12.7 Å². The van der Waals surface area contributed by atoms with Gasteiger partial charge in [-0.2, -0.15) is 0 Å². The van der Waals surface area contributed by atoms with Crippen molar-refractivity contribution in [3.05, 3.63) is 17.8 Å². The van der Waals surface area contributed by atoms with E-state index in [4.69, 9.17) is 0 Å². The van der Waals surface area contributed by atoms with E-state index in [0.717, 1.165) is 25.8 Å². The van der Waals surface area contributed by atoms with E-state index >= 15 is 0 Å². The molecule has 0 N–H and O–H groups in total. The van der Waals surface area contributed by atoms with E-state index in [2.05, 4.69) is 37.7 Å². The minimum atomic E-state index is -0.272. The molecule has 1 aliphatic heterocycles. The van der Waals surface area contributed by atoms with Crippen molar-refractivity contribution in [2.24, 2.45) is 0 Å². The molecule has 2 rings (SSSR count). The molecule has 0 radical (unpaired) electrons. The summed E-state index contributed by atoms with van der Waals surface area (Å²) in [7, 11) is 0. The number of rotatable bonds is 3. The molecule has 5 heteroatoms. The molecule has 0 bridgehead atoms. The van der Waals surface area contributed by atoms with Crippen LogP contribution in [0.2, 0.25) is 0 Å². The predicted molar refractivity (Wildman–Crippen MR) is 74.7 cm³/mol. The maximum Gasteiger partial charge on any atom is 0.186 e. The fourth-order valence-electron chi connectivity index (χ4n) is 2.54. The molecule has 1 saturated heterocycles. The second kappa shape index (κ2) is 5.95. The van der Waals surface area contributed by atoms with Gasteiger partial charge in [0.25, 0.3) is 0 Å². The first-order valence-electron chi connectivity index (χ1n) is 6.47. The SMILES string of the molecule is Cc1ncnc(N2CCCCC2CC(C)Br)c1F. The second-order valence-electron chi connectivity index (χ2n) is 4.96. The Bertz CT molecular complexity index is 411. The molecule has 0 saturated carbocycles.